The fraction of sp³-hybridized carbons (Fsp3) is 0.500. The molecule has 0 bridgehead atoms. The molecule has 1 saturated carbocycles. The van der Waals surface area contributed by atoms with E-state index >= 15 is 0 Å². The van der Waals surface area contributed by atoms with Gasteiger partial charge < -0.3 is 5.32 Å². The van der Waals surface area contributed by atoms with Crippen LogP contribution in [0.25, 0.3) is 0 Å². The Morgan fingerprint density at radius 1 is 1.35 bits per heavy atom. The topological polar surface area (TPSA) is 58.2 Å². The second kappa shape index (κ2) is 6.46. The molecule has 0 radical (unpaired) electrons. The fourth-order valence-electron chi connectivity index (χ4n) is 1.66. The van der Waals surface area contributed by atoms with Gasteiger partial charge in [0.2, 0.25) is 10.0 Å². The van der Waals surface area contributed by atoms with E-state index in [1.807, 2.05) is 4.72 Å². The third-order valence-corrected chi connectivity index (χ3v) is 5.30. The summed E-state index contributed by atoms with van der Waals surface area (Å²) in [6.45, 7) is -0.325. The minimum absolute atomic E-state index is 0.0201. The minimum Gasteiger partial charge on any atom is -0.310 e. The van der Waals surface area contributed by atoms with Crippen molar-refractivity contribution in [2.24, 2.45) is 0 Å². The van der Waals surface area contributed by atoms with Crippen LogP contribution in [0, 0.1) is 0 Å². The number of alkyl halides is 2. The molecule has 2 rings (SSSR count). The zero-order valence-corrected chi connectivity index (χ0v) is 13.0. The molecule has 0 spiro atoms. The van der Waals surface area contributed by atoms with E-state index in [0.29, 0.717) is 17.1 Å². The molecule has 1 aliphatic carbocycles. The van der Waals surface area contributed by atoms with Crippen molar-refractivity contribution < 1.29 is 17.2 Å². The number of sulfonamides is 1. The maximum Gasteiger partial charge on any atom is 0.251 e. The molecule has 112 valence electrons. The maximum atomic E-state index is 12.1. The van der Waals surface area contributed by atoms with Crippen LogP contribution in [-0.4, -0.2) is 27.4 Å². The van der Waals surface area contributed by atoms with Crippen LogP contribution in [0.1, 0.15) is 18.4 Å². The molecule has 0 heterocycles. The second-order valence-corrected chi connectivity index (χ2v) is 7.25. The molecule has 1 aliphatic rings. The van der Waals surface area contributed by atoms with Crippen LogP contribution in [0.2, 0.25) is 0 Å². The van der Waals surface area contributed by atoms with Crippen molar-refractivity contribution in [3.63, 3.8) is 0 Å². The van der Waals surface area contributed by atoms with E-state index in [-0.39, 0.29) is 4.90 Å². The maximum absolute atomic E-state index is 12.1. The van der Waals surface area contributed by atoms with Gasteiger partial charge in [-0.2, -0.15) is 0 Å². The van der Waals surface area contributed by atoms with E-state index in [4.69, 9.17) is 0 Å². The summed E-state index contributed by atoms with van der Waals surface area (Å²) in [4.78, 5) is -0.0201. The predicted molar refractivity (Wildman–Crippen MR) is 75.2 cm³/mol. The van der Waals surface area contributed by atoms with Crippen molar-refractivity contribution in [1.29, 1.82) is 0 Å². The van der Waals surface area contributed by atoms with Crippen LogP contribution in [0.5, 0.6) is 0 Å². The van der Waals surface area contributed by atoms with Crippen LogP contribution in [0.3, 0.4) is 0 Å². The summed E-state index contributed by atoms with van der Waals surface area (Å²) in [5.74, 6) is 0. The van der Waals surface area contributed by atoms with Crippen LogP contribution in [-0.2, 0) is 16.6 Å². The Morgan fingerprint density at radius 2 is 2.05 bits per heavy atom. The first-order valence-corrected chi connectivity index (χ1v) is 8.46. The number of hydrogen-bond acceptors (Lipinski definition) is 3. The SMILES string of the molecule is O=S(=O)(NCC(F)F)c1cc(CNC2CC2)ccc1Br. The summed E-state index contributed by atoms with van der Waals surface area (Å²) in [7, 11) is -3.94. The molecule has 0 aliphatic heterocycles. The van der Waals surface area contributed by atoms with Gasteiger partial charge >= 0.3 is 0 Å². The van der Waals surface area contributed by atoms with Crippen molar-refractivity contribution >= 4 is 26.0 Å². The number of nitrogens with one attached hydrogen (secondary N) is 2. The molecule has 1 aromatic carbocycles. The van der Waals surface area contributed by atoms with Crippen molar-refractivity contribution in [2.45, 2.75) is 36.7 Å². The van der Waals surface area contributed by atoms with E-state index in [1.54, 1.807) is 12.1 Å². The Bertz CT molecular complexity index is 577. The number of halogens is 3. The summed E-state index contributed by atoms with van der Waals surface area (Å²) in [6, 6.07) is 5.41. The molecule has 2 N–H and O–H groups in total. The van der Waals surface area contributed by atoms with Gasteiger partial charge in [0.1, 0.15) is 0 Å². The van der Waals surface area contributed by atoms with Crippen molar-refractivity contribution in [3.05, 3.63) is 28.2 Å². The lowest BCUT2D eigenvalue weighted by atomic mass is 10.2. The van der Waals surface area contributed by atoms with Gasteiger partial charge in [-0.1, -0.05) is 6.07 Å². The number of benzene rings is 1. The largest absolute Gasteiger partial charge is 0.310 e. The lowest BCUT2D eigenvalue weighted by Crippen LogP contribution is -2.29. The normalized spacial score (nSPS) is 15.8. The molecular weight excluding hydrogens is 354 g/mol. The summed E-state index contributed by atoms with van der Waals surface area (Å²) in [6.07, 6.45) is -0.446. The van der Waals surface area contributed by atoms with Gasteiger partial charge in [0.05, 0.1) is 11.4 Å². The molecule has 0 aromatic heterocycles. The highest BCUT2D eigenvalue weighted by molar-refractivity contribution is 9.10. The van der Waals surface area contributed by atoms with E-state index in [2.05, 4.69) is 21.2 Å². The smallest absolute Gasteiger partial charge is 0.251 e. The standard InChI is InChI=1S/C12H15BrF2N2O2S/c13-10-4-1-8(6-16-9-2-3-9)5-11(10)20(18,19)17-7-12(14)15/h1,4-5,9,12,16-17H,2-3,6-7H2. The van der Waals surface area contributed by atoms with Gasteiger partial charge in [0, 0.05) is 17.1 Å². The van der Waals surface area contributed by atoms with Gasteiger partial charge in [-0.05, 0) is 46.5 Å². The van der Waals surface area contributed by atoms with Gasteiger partial charge in [-0.15, -0.1) is 0 Å². The van der Waals surface area contributed by atoms with Crippen molar-refractivity contribution in [1.82, 2.24) is 10.0 Å². The van der Waals surface area contributed by atoms with Crippen LogP contribution >= 0.6 is 15.9 Å². The number of rotatable bonds is 7. The zero-order chi connectivity index (χ0) is 14.8. The molecule has 0 amide bonds. The Morgan fingerprint density at radius 3 is 2.65 bits per heavy atom. The Balaban J connectivity index is 2.13. The van der Waals surface area contributed by atoms with E-state index in [0.717, 1.165) is 18.4 Å². The highest BCUT2D eigenvalue weighted by Crippen LogP contribution is 2.24. The second-order valence-electron chi connectivity index (χ2n) is 4.66. The predicted octanol–water partition coefficient (Wildman–Crippen LogP) is 2.24. The van der Waals surface area contributed by atoms with Gasteiger partial charge in [-0.25, -0.2) is 21.9 Å². The molecule has 8 heteroatoms. The molecule has 4 nitrogen and oxygen atoms in total. The molecule has 1 fully saturated rings. The first-order valence-electron chi connectivity index (χ1n) is 6.18. The van der Waals surface area contributed by atoms with E-state index in [9.17, 15) is 17.2 Å². The van der Waals surface area contributed by atoms with Gasteiger partial charge in [-0.3, -0.25) is 0 Å². The third-order valence-electron chi connectivity index (χ3n) is 2.88. The van der Waals surface area contributed by atoms with Crippen molar-refractivity contribution in [3.8, 4) is 0 Å². The monoisotopic (exact) mass is 368 g/mol. The lowest BCUT2D eigenvalue weighted by Gasteiger charge is -2.10. The Kier molecular flexibility index (Phi) is 5.11. The molecular formula is C12H15BrF2N2O2S. The zero-order valence-electron chi connectivity index (χ0n) is 10.6. The van der Waals surface area contributed by atoms with Crippen molar-refractivity contribution in [2.75, 3.05) is 6.54 Å². The highest BCUT2D eigenvalue weighted by Gasteiger charge is 2.22. The Labute approximate surface area is 125 Å². The fourth-order valence-corrected chi connectivity index (χ4v) is 3.68. The molecule has 0 atom stereocenters. The molecule has 1 aromatic rings. The summed E-state index contributed by atoms with van der Waals surface area (Å²) < 4.78 is 50.4. The minimum atomic E-state index is -3.94. The molecule has 0 unspecified atom stereocenters. The Hall–Kier alpha value is -0.570. The average Bonchev–Trinajstić information content (AvgIpc) is 3.19. The summed E-state index contributed by atoms with van der Waals surface area (Å²) in [5.41, 5.74) is 0.803. The lowest BCUT2D eigenvalue weighted by molar-refractivity contribution is 0.153. The average molecular weight is 369 g/mol. The van der Waals surface area contributed by atoms with Crippen LogP contribution < -0.4 is 10.0 Å². The van der Waals surface area contributed by atoms with Crippen LogP contribution in [0.15, 0.2) is 27.6 Å². The van der Waals surface area contributed by atoms with E-state index in [1.165, 1.54) is 6.07 Å². The van der Waals surface area contributed by atoms with Gasteiger partial charge in [0.15, 0.2) is 0 Å². The summed E-state index contributed by atoms with van der Waals surface area (Å²) >= 11 is 3.14. The first-order chi connectivity index (χ1) is 9.38. The number of hydrogen-bond donors (Lipinski definition) is 2. The first kappa shape index (κ1) is 15.8. The highest BCUT2D eigenvalue weighted by atomic mass is 79.9. The van der Waals surface area contributed by atoms with Gasteiger partial charge in [0.25, 0.3) is 6.43 Å². The third kappa shape index (κ3) is 4.47. The quantitative estimate of drug-likeness (QED) is 0.775. The molecule has 20 heavy (non-hydrogen) atoms. The molecule has 0 saturated heterocycles. The van der Waals surface area contributed by atoms with E-state index < -0.39 is 23.0 Å². The summed E-state index contributed by atoms with van der Waals surface area (Å²) in [5, 5.41) is 3.27. The van der Waals surface area contributed by atoms with Crippen LogP contribution in [0.4, 0.5) is 8.78 Å².